The fraction of sp³-hybridized carbons (Fsp3) is 0.528. The van der Waals surface area contributed by atoms with Crippen LogP contribution in [-0.4, -0.2) is 105 Å². The summed E-state index contributed by atoms with van der Waals surface area (Å²) < 4.78 is 54.7. The number of nitrogens with zero attached hydrogens (tertiary/aromatic N) is 5. The van der Waals surface area contributed by atoms with Crippen LogP contribution in [0.4, 0.5) is 18.9 Å². The fourth-order valence-electron chi connectivity index (χ4n) is 6.74. The number of hydrogen-bond acceptors (Lipinski definition) is 10. The van der Waals surface area contributed by atoms with Crippen LogP contribution in [0.5, 0.6) is 5.88 Å². The molecule has 5 rings (SSSR count). The third kappa shape index (κ3) is 10.2. The smallest absolute Gasteiger partial charge is 0.350 e. The highest BCUT2D eigenvalue weighted by Crippen LogP contribution is 2.35. The third-order valence-electron chi connectivity index (χ3n) is 10.2. The number of aromatic nitrogens is 3. The molecule has 0 unspecified atom stereocenters. The van der Waals surface area contributed by atoms with Gasteiger partial charge in [0.05, 0.1) is 30.5 Å². The molecule has 13 nitrogen and oxygen atoms in total. The molecule has 54 heavy (non-hydrogen) atoms. The lowest BCUT2D eigenvalue weighted by Gasteiger charge is -2.36. The van der Waals surface area contributed by atoms with Crippen LogP contribution in [0.1, 0.15) is 72.2 Å². The average molecular weight is 787 g/mol. The summed E-state index contributed by atoms with van der Waals surface area (Å²) in [7, 11) is 2.63. The van der Waals surface area contributed by atoms with E-state index in [1.54, 1.807) is 17.9 Å². The number of ether oxygens (including phenoxy) is 1. The molecule has 1 aliphatic carbocycles. The quantitative estimate of drug-likeness (QED) is 0.161. The molecule has 4 amide bonds. The first-order chi connectivity index (χ1) is 25.9. The van der Waals surface area contributed by atoms with Gasteiger partial charge in [-0.1, -0.05) is 43.2 Å². The summed E-state index contributed by atoms with van der Waals surface area (Å²) in [5, 5.41) is 9.15. The minimum atomic E-state index is -3.92. The third-order valence-corrected chi connectivity index (χ3v) is 12.2. The van der Waals surface area contributed by atoms with Crippen molar-refractivity contribution in [1.82, 2.24) is 34.7 Å². The van der Waals surface area contributed by atoms with Crippen molar-refractivity contribution < 1.29 is 37.1 Å². The van der Waals surface area contributed by atoms with Crippen molar-refractivity contribution >= 4 is 50.5 Å². The first-order valence-electron chi connectivity index (χ1n) is 18.0. The molecular formula is C36H45F3N8O5SSi. The number of anilines is 1. The molecule has 18 heteroatoms. The molecule has 3 atom stereocenters. The molecule has 3 N–H and O–H groups in total. The molecule has 3 heterocycles. The Morgan fingerprint density at radius 3 is 2.37 bits per heavy atom. The van der Waals surface area contributed by atoms with Gasteiger partial charge < -0.3 is 30.2 Å². The number of hydrogen-bond donors (Lipinski definition) is 3. The maximum atomic E-state index is 15.8. The van der Waals surface area contributed by atoms with E-state index in [0.717, 1.165) is 49.5 Å². The number of carbonyl (C=O) groups is 4. The zero-order valence-electron chi connectivity index (χ0n) is 30.4. The zero-order valence-corrected chi connectivity index (χ0v) is 32.3. The minimum absolute atomic E-state index is 0.00703. The van der Waals surface area contributed by atoms with Gasteiger partial charge in [0, 0.05) is 50.6 Å². The Morgan fingerprint density at radius 1 is 1.04 bits per heavy atom. The molecule has 290 valence electrons. The average Bonchev–Trinajstić information content (AvgIpc) is 3.59. The predicted octanol–water partition coefficient (Wildman–Crippen LogP) is 4.23. The lowest BCUT2D eigenvalue weighted by molar-refractivity contribution is -0.145. The maximum absolute atomic E-state index is 15.8. The van der Waals surface area contributed by atoms with Gasteiger partial charge in [-0.25, -0.2) is 9.37 Å². The van der Waals surface area contributed by atoms with Crippen molar-refractivity contribution in [1.29, 1.82) is 0 Å². The van der Waals surface area contributed by atoms with E-state index in [0.29, 0.717) is 49.5 Å². The van der Waals surface area contributed by atoms with Gasteiger partial charge in [0.25, 0.3) is 11.8 Å². The zero-order chi connectivity index (χ0) is 38.8. The van der Waals surface area contributed by atoms with Gasteiger partial charge in [-0.05, 0) is 67.0 Å². The van der Waals surface area contributed by atoms with Crippen molar-refractivity contribution in [3.05, 3.63) is 64.5 Å². The number of likely N-dealkylation sites (N-methyl/N-ethyl adjacent to an activating group) is 1. The molecule has 3 aromatic rings. The van der Waals surface area contributed by atoms with Crippen molar-refractivity contribution in [2.45, 2.75) is 62.8 Å². The molecule has 0 bridgehead atoms. The molecular weight excluding hydrogens is 742 g/mol. The topological polar surface area (TPSA) is 159 Å². The number of alkyl halides is 2. The van der Waals surface area contributed by atoms with E-state index in [2.05, 4.69) is 35.1 Å². The molecule has 1 saturated carbocycles. The number of carbonyl (C=O) groups excluding carboxylic acids is 4. The molecule has 2 radical (unpaired) electrons. The Hall–Kier alpha value is -4.42. The van der Waals surface area contributed by atoms with Crippen LogP contribution in [0.15, 0.2) is 42.7 Å². The molecule has 2 fully saturated rings. The Balaban J connectivity index is 1.30. The van der Waals surface area contributed by atoms with Gasteiger partial charge in [-0.2, -0.15) is 8.78 Å². The SMILES string of the molecule is COc1ccc(C(F)(F)C(=O)N[Si][C@H](C(=O)Nc2ccc([C@H](C)[C@@H](CNC(=O)c3cnns3)C(=O)N3CCN(C)CC3)cc2F)C2CCCCCC2)cn1. The van der Waals surface area contributed by atoms with Crippen LogP contribution < -0.4 is 20.4 Å². The van der Waals surface area contributed by atoms with E-state index in [1.165, 1.54) is 31.5 Å². The summed E-state index contributed by atoms with van der Waals surface area (Å²) in [5.74, 6) is -8.75. The number of methoxy groups -OCH3 is 1. The van der Waals surface area contributed by atoms with Gasteiger partial charge in [0.1, 0.15) is 10.7 Å². The second-order valence-corrected chi connectivity index (χ2v) is 15.7. The summed E-state index contributed by atoms with van der Waals surface area (Å²) in [6.45, 7) is 4.21. The summed E-state index contributed by atoms with van der Waals surface area (Å²) in [6.07, 6.45) is 7.17. The lowest BCUT2D eigenvalue weighted by Crippen LogP contribution is -2.51. The van der Waals surface area contributed by atoms with Crippen LogP contribution in [0.3, 0.4) is 0 Å². The van der Waals surface area contributed by atoms with Crippen molar-refractivity contribution in [3.63, 3.8) is 0 Å². The Bertz CT molecular complexity index is 1740. The van der Waals surface area contributed by atoms with Gasteiger partial charge in [0.2, 0.25) is 17.7 Å². The number of pyridine rings is 1. The van der Waals surface area contributed by atoms with Crippen LogP contribution >= 0.6 is 11.5 Å². The van der Waals surface area contributed by atoms with E-state index in [9.17, 15) is 19.2 Å². The minimum Gasteiger partial charge on any atom is -0.481 e. The molecule has 1 aliphatic heterocycles. The fourth-order valence-corrected chi connectivity index (χ4v) is 8.38. The van der Waals surface area contributed by atoms with Crippen LogP contribution in [0.25, 0.3) is 0 Å². The summed E-state index contributed by atoms with van der Waals surface area (Å²) >= 11 is 0.932. The summed E-state index contributed by atoms with van der Waals surface area (Å²) in [6, 6.07) is 6.57. The van der Waals surface area contributed by atoms with Crippen LogP contribution in [0, 0.1) is 17.7 Å². The van der Waals surface area contributed by atoms with Gasteiger partial charge in [-0.3, -0.25) is 19.2 Å². The van der Waals surface area contributed by atoms with Gasteiger partial charge >= 0.3 is 5.92 Å². The van der Waals surface area contributed by atoms with E-state index in [-0.39, 0.29) is 29.9 Å². The number of amides is 4. The molecule has 2 aliphatic rings. The standard InChI is InChI=1S/C36H45F3N8O5SSi/c1-22(26(20-41-32(48)29-21-42-45-53-29)34(50)47-16-14-46(2)15-17-47)24-10-12-28(27(37)18-24)43-33(49)31(23-8-6-4-5-7-9-23)54-44-35(51)36(38,39)25-11-13-30(52-3)40-19-25/h10-13,18-19,21-23,26,31H,4-9,14-17,20H2,1-3H3,(H,41,48)(H,43,49)(H,44,51)/t22-,26+,31-/m0/s1. The number of nitrogens with one attached hydrogen (secondary N) is 3. The van der Waals surface area contributed by atoms with Crippen LogP contribution in [-0.2, 0) is 20.3 Å². The van der Waals surface area contributed by atoms with E-state index in [4.69, 9.17) is 4.74 Å². The lowest BCUT2D eigenvalue weighted by atomic mass is 9.86. The van der Waals surface area contributed by atoms with Crippen molar-refractivity contribution in [2.75, 3.05) is 52.2 Å². The second kappa shape index (κ2) is 18.8. The first-order valence-corrected chi connectivity index (χ1v) is 19.8. The molecule has 2 aromatic heterocycles. The van der Waals surface area contributed by atoms with E-state index in [1.807, 2.05) is 7.05 Å². The highest BCUT2D eigenvalue weighted by atomic mass is 32.1. The number of rotatable bonds is 14. The summed E-state index contributed by atoms with van der Waals surface area (Å²) in [4.78, 5) is 63.4. The molecule has 1 aromatic carbocycles. The van der Waals surface area contributed by atoms with Crippen molar-refractivity contribution in [3.8, 4) is 5.88 Å². The van der Waals surface area contributed by atoms with Gasteiger partial charge in [0.15, 0.2) is 9.68 Å². The number of benzene rings is 1. The predicted molar refractivity (Wildman–Crippen MR) is 197 cm³/mol. The highest BCUT2D eigenvalue weighted by molar-refractivity contribution is 7.07. The number of piperazine rings is 1. The normalized spacial score (nSPS) is 17.5. The Kier molecular flexibility index (Phi) is 14.2. The molecule has 1 saturated heterocycles. The monoisotopic (exact) mass is 786 g/mol. The van der Waals surface area contributed by atoms with Gasteiger partial charge in [-0.15, -0.1) is 5.10 Å². The van der Waals surface area contributed by atoms with E-state index < -0.39 is 62.1 Å². The Labute approximate surface area is 318 Å². The molecule has 0 spiro atoms. The first kappa shape index (κ1) is 40.8. The summed E-state index contributed by atoms with van der Waals surface area (Å²) in [5.41, 5.74) is -1.13. The second-order valence-electron chi connectivity index (χ2n) is 13.7. The van der Waals surface area contributed by atoms with Crippen LogP contribution in [0.2, 0.25) is 5.54 Å². The Morgan fingerprint density at radius 2 is 1.76 bits per heavy atom. The van der Waals surface area contributed by atoms with Crippen molar-refractivity contribution in [2.24, 2.45) is 11.8 Å². The number of halogens is 3. The largest absolute Gasteiger partial charge is 0.481 e. The maximum Gasteiger partial charge on any atom is 0.350 e. The highest BCUT2D eigenvalue weighted by Gasteiger charge is 2.42. The van der Waals surface area contributed by atoms with E-state index >= 15 is 13.2 Å².